The van der Waals surface area contributed by atoms with E-state index in [1.165, 1.54) is 27.6 Å². The van der Waals surface area contributed by atoms with Gasteiger partial charge in [-0.15, -0.1) is 0 Å². The minimum atomic E-state index is -3.84. The highest BCUT2D eigenvalue weighted by molar-refractivity contribution is 7.89. The molecule has 2 aliphatic rings. The van der Waals surface area contributed by atoms with Crippen LogP contribution in [0.5, 0.6) is 0 Å². The Kier molecular flexibility index (Phi) is 6.85. The zero-order valence-electron chi connectivity index (χ0n) is 17.3. The summed E-state index contributed by atoms with van der Waals surface area (Å²) in [6.45, 7) is 1.54. The lowest BCUT2D eigenvalue weighted by molar-refractivity contribution is -0.121. The van der Waals surface area contributed by atoms with E-state index in [0.717, 1.165) is 12.8 Å². The van der Waals surface area contributed by atoms with Crippen molar-refractivity contribution in [1.82, 2.24) is 9.21 Å². The predicted octanol–water partition coefficient (Wildman–Crippen LogP) is 2.59. The summed E-state index contributed by atoms with van der Waals surface area (Å²) in [5, 5.41) is 2.83. The number of nitrogens with one attached hydrogen (secondary N) is 1. The highest BCUT2D eigenvalue weighted by atomic mass is 35.5. The first-order valence-electron chi connectivity index (χ1n) is 10.4. The number of likely N-dealkylation sites (tertiary alicyclic amines) is 1. The predicted molar refractivity (Wildman–Crippen MR) is 117 cm³/mol. The fourth-order valence-electron chi connectivity index (χ4n) is 3.92. The maximum absolute atomic E-state index is 13.1. The van der Waals surface area contributed by atoms with Crippen LogP contribution < -0.4 is 5.32 Å². The molecule has 2 fully saturated rings. The largest absolute Gasteiger partial charge is 0.459 e. The minimum Gasteiger partial charge on any atom is -0.459 e. The summed E-state index contributed by atoms with van der Waals surface area (Å²) in [5.74, 6) is -0.557. The molecule has 2 amide bonds. The van der Waals surface area contributed by atoms with Gasteiger partial charge in [-0.05, 0) is 49.6 Å². The average Bonchev–Trinajstić information content (AvgIpc) is 3.35. The Labute approximate surface area is 191 Å². The molecule has 4 rings (SSSR count). The van der Waals surface area contributed by atoms with E-state index in [4.69, 9.17) is 20.8 Å². The molecule has 1 atom stereocenters. The zero-order valence-corrected chi connectivity index (χ0v) is 18.9. The van der Waals surface area contributed by atoms with Crippen molar-refractivity contribution in [2.45, 2.75) is 30.2 Å². The number of carbonyl (C=O) groups excluding carboxylic acids is 2. The van der Waals surface area contributed by atoms with E-state index in [2.05, 4.69) is 5.32 Å². The molecule has 3 heterocycles. The van der Waals surface area contributed by atoms with E-state index in [1.807, 2.05) is 0 Å². The number of carbonyl (C=O) groups is 2. The number of rotatable bonds is 5. The molecule has 2 aliphatic heterocycles. The van der Waals surface area contributed by atoms with Gasteiger partial charge in [0.05, 0.1) is 24.5 Å². The lowest BCUT2D eigenvalue weighted by atomic mass is 10.0. The van der Waals surface area contributed by atoms with E-state index in [-0.39, 0.29) is 40.6 Å². The third-order valence-electron chi connectivity index (χ3n) is 5.58. The molecule has 2 aromatic rings. The first kappa shape index (κ1) is 22.8. The number of hydrogen-bond acceptors (Lipinski definition) is 6. The number of benzene rings is 1. The third-order valence-corrected chi connectivity index (χ3v) is 7.97. The monoisotopic (exact) mass is 481 g/mol. The lowest BCUT2D eigenvalue weighted by Crippen LogP contribution is -2.50. The van der Waals surface area contributed by atoms with Crippen molar-refractivity contribution in [2.24, 2.45) is 0 Å². The molecule has 9 nitrogen and oxygen atoms in total. The molecule has 0 spiro atoms. The van der Waals surface area contributed by atoms with Crippen molar-refractivity contribution >= 4 is 39.1 Å². The number of amides is 2. The molecule has 1 aromatic heterocycles. The van der Waals surface area contributed by atoms with Crippen LogP contribution in [0.1, 0.15) is 29.8 Å². The smallest absolute Gasteiger partial charge is 0.290 e. The number of hydrogen-bond donors (Lipinski definition) is 1. The van der Waals surface area contributed by atoms with Gasteiger partial charge >= 0.3 is 0 Å². The summed E-state index contributed by atoms with van der Waals surface area (Å²) in [6.07, 6.45) is 3.51. The first-order valence-corrected chi connectivity index (χ1v) is 12.2. The van der Waals surface area contributed by atoms with Crippen LogP contribution >= 0.6 is 11.6 Å². The van der Waals surface area contributed by atoms with Gasteiger partial charge in [0, 0.05) is 25.3 Å². The number of sulfonamides is 1. The van der Waals surface area contributed by atoms with Gasteiger partial charge in [0.15, 0.2) is 5.76 Å². The van der Waals surface area contributed by atoms with Crippen LogP contribution in [0, 0.1) is 0 Å². The molecule has 172 valence electrons. The van der Waals surface area contributed by atoms with Gasteiger partial charge in [0.25, 0.3) is 5.91 Å². The first-order chi connectivity index (χ1) is 15.4. The molecule has 11 heteroatoms. The van der Waals surface area contributed by atoms with Gasteiger partial charge in [-0.1, -0.05) is 11.6 Å². The number of anilines is 1. The van der Waals surface area contributed by atoms with Crippen molar-refractivity contribution in [3.63, 3.8) is 0 Å². The maximum atomic E-state index is 13.1. The molecule has 1 N–H and O–H groups in total. The minimum absolute atomic E-state index is 0.0711. The molecule has 2 saturated heterocycles. The van der Waals surface area contributed by atoms with Gasteiger partial charge in [0.2, 0.25) is 15.9 Å². The molecule has 0 aliphatic carbocycles. The van der Waals surface area contributed by atoms with Gasteiger partial charge in [-0.3, -0.25) is 9.59 Å². The van der Waals surface area contributed by atoms with E-state index in [1.54, 1.807) is 18.2 Å². The number of nitrogens with zero attached hydrogens (tertiary/aromatic N) is 2. The Hall–Kier alpha value is -2.40. The SMILES string of the molecule is O=C(Nc1ccc(Cl)c(S(=O)(=O)N2CCOCC2)c1)C1CCCCN1C(=O)c1ccco1. The number of morpholine rings is 1. The Bertz CT molecular complexity index is 1080. The average molecular weight is 482 g/mol. The fraction of sp³-hybridized carbons (Fsp3) is 0.429. The summed E-state index contributed by atoms with van der Waals surface area (Å²) in [5.41, 5.74) is 0.294. The summed E-state index contributed by atoms with van der Waals surface area (Å²) in [6, 6.07) is 6.84. The standard InChI is InChI=1S/C21H24ClN3O6S/c22-16-7-6-15(14-19(16)32(28,29)24-9-12-30-13-10-24)23-20(26)17-4-1-2-8-25(17)21(27)18-5-3-11-31-18/h3,5-7,11,14,17H,1-2,4,8-10,12-13H2,(H,23,26). The van der Waals surface area contributed by atoms with E-state index in [9.17, 15) is 18.0 Å². The van der Waals surface area contributed by atoms with Crippen molar-refractivity contribution in [3.05, 3.63) is 47.4 Å². The highest BCUT2D eigenvalue weighted by Gasteiger charge is 2.34. The van der Waals surface area contributed by atoms with Crippen molar-refractivity contribution < 1.29 is 27.2 Å². The van der Waals surface area contributed by atoms with Crippen molar-refractivity contribution in [1.29, 1.82) is 0 Å². The van der Waals surface area contributed by atoms with E-state index >= 15 is 0 Å². The van der Waals surface area contributed by atoms with Gasteiger partial charge in [0.1, 0.15) is 10.9 Å². The molecule has 0 radical (unpaired) electrons. The molecule has 0 bridgehead atoms. The van der Waals surface area contributed by atoms with Gasteiger partial charge in [-0.25, -0.2) is 8.42 Å². The normalized spacial score (nSPS) is 20.2. The van der Waals surface area contributed by atoms with Crippen LogP contribution in [0.25, 0.3) is 0 Å². The van der Waals surface area contributed by atoms with Gasteiger partial charge in [-0.2, -0.15) is 4.31 Å². The molecule has 1 aromatic carbocycles. The quantitative estimate of drug-likeness (QED) is 0.703. The van der Waals surface area contributed by atoms with Crippen LogP contribution in [0.3, 0.4) is 0 Å². The highest BCUT2D eigenvalue weighted by Crippen LogP contribution is 2.29. The Morgan fingerprint density at radius 1 is 1.09 bits per heavy atom. The fourth-order valence-corrected chi connectivity index (χ4v) is 5.83. The van der Waals surface area contributed by atoms with Crippen LogP contribution in [0.4, 0.5) is 5.69 Å². The van der Waals surface area contributed by atoms with Crippen LogP contribution in [-0.2, 0) is 19.6 Å². The number of piperidine rings is 1. The van der Waals surface area contributed by atoms with E-state index < -0.39 is 16.1 Å². The third kappa shape index (κ3) is 4.68. The Morgan fingerprint density at radius 3 is 2.59 bits per heavy atom. The molecular weight excluding hydrogens is 458 g/mol. The molecular formula is C21H24ClN3O6S. The Morgan fingerprint density at radius 2 is 1.88 bits per heavy atom. The van der Waals surface area contributed by atoms with Crippen LogP contribution in [-0.4, -0.2) is 68.3 Å². The second-order valence-corrected chi connectivity index (χ2v) is 9.95. The number of furan rings is 1. The topological polar surface area (TPSA) is 109 Å². The van der Waals surface area contributed by atoms with Crippen LogP contribution in [0.2, 0.25) is 5.02 Å². The summed E-state index contributed by atoms with van der Waals surface area (Å²) < 4.78 is 37.8. The molecule has 1 unspecified atom stereocenters. The number of ether oxygens (including phenoxy) is 1. The van der Waals surface area contributed by atoms with Crippen LogP contribution in [0.15, 0.2) is 45.9 Å². The Balaban J connectivity index is 1.54. The molecule has 0 saturated carbocycles. The summed E-state index contributed by atoms with van der Waals surface area (Å²) in [4.78, 5) is 27.2. The van der Waals surface area contributed by atoms with Crippen molar-refractivity contribution in [3.8, 4) is 0 Å². The second kappa shape index (κ2) is 9.62. The van der Waals surface area contributed by atoms with Gasteiger partial charge < -0.3 is 19.4 Å². The lowest BCUT2D eigenvalue weighted by Gasteiger charge is -2.34. The van der Waals surface area contributed by atoms with Crippen molar-refractivity contribution in [2.75, 3.05) is 38.2 Å². The maximum Gasteiger partial charge on any atom is 0.290 e. The summed E-state index contributed by atoms with van der Waals surface area (Å²) in [7, 11) is -3.84. The summed E-state index contributed by atoms with van der Waals surface area (Å²) >= 11 is 6.19. The van der Waals surface area contributed by atoms with E-state index in [0.29, 0.717) is 31.9 Å². The zero-order chi connectivity index (χ0) is 22.7. The number of halogens is 1. The molecule has 32 heavy (non-hydrogen) atoms. The second-order valence-electron chi connectivity index (χ2n) is 7.64.